The largest absolute Gasteiger partial charge is 0.481 e. The van der Waals surface area contributed by atoms with Gasteiger partial charge in [0.25, 0.3) is 0 Å². The number of nitrogens with one attached hydrogen (secondary N) is 1. The van der Waals surface area contributed by atoms with E-state index in [1.807, 2.05) is 6.07 Å². The minimum absolute atomic E-state index is 0.0708. The molecular weight excluding hydrogens is 272 g/mol. The topological polar surface area (TPSA) is 89.9 Å². The number of likely N-dealkylation sites (tertiary alicyclic amines) is 1. The minimum atomic E-state index is -0.837. The average molecular weight is 292 g/mol. The van der Waals surface area contributed by atoms with E-state index < -0.39 is 5.97 Å². The van der Waals surface area contributed by atoms with Gasteiger partial charge in [-0.1, -0.05) is 12.1 Å². The van der Waals surface area contributed by atoms with Crippen LogP contribution in [-0.2, 0) is 11.2 Å². The number of aryl methyl sites for hydroxylation is 1. The maximum Gasteiger partial charge on any atom is 0.321 e. The third-order valence-corrected chi connectivity index (χ3v) is 3.56. The number of carbonyl (C=O) groups is 2. The van der Waals surface area contributed by atoms with Gasteiger partial charge in [-0.15, -0.1) is 0 Å². The lowest BCUT2D eigenvalue weighted by atomic mass is 10.1. The van der Waals surface area contributed by atoms with Gasteiger partial charge in [0, 0.05) is 25.2 Å². The fraction of sp³-hybridized carbons (Fsp3) is 0.467. The Balaban J connectivity index is 1.91. The molecule has 1 aromatic carbocycles. The van der Waals surface area contributed by atoms with Crippen LogP contribution in [0.15, 0.2) is 24.3 Å². The lowest BCUT2D eigenvalue weighted by Gasteiger charge is -2.29. The monoisotopic (exact) mass is 292 g/mol. The Labute approximate surface area is 123 Å². The number of hydrogen-bond donors (Lipinski definition) is 3. The Morgan fingerprint density at radius 3 is 2.67 bits per heavy atom. The predicted octanol–water partition coefficient (Wildman–Crippen LogP) is 1.69. The second kappa shape index (κ2) is 7.08. The number of urea groups is 1. The highest BCUT2D eigenvalue weighted by Gasteiger charge is 2.21. The van der Waals surface area contributed by atoms with Crippen molar-refractivity contribution in [2.24, 2.45) is 0 Å². The van der Waals surface area contributed by atoms with Gasteiger partial charge in [0.05, 0.1) is 6.10 Å². The minimum Gasteiger partial charge on any atom is -0.481 e. The van der Waals surface area contributed by atoms with Crippen LogP contribution >= 0.6 is 0 Å². The van der Waals surface area contributed by atoms with Gasteiger partial charge in [0.1, 0.15) is 0 Å². The highest BCUT2D eigenvalue weighted by atomic mass is 16.4. The molecule has 1 aliphatic heterocycles. The highest BCUT2D eigenvalue weighted by Crippen LogP contribution is 2.15. The number of rotatable bonds is 4. The molecule has 1 aliphatic rings. The molecule has 0 radical (unpaired) electrons. The van der Waals surface area contributed by atoms with E-state index in [-0.39, 0.29) is 18.6 Å². The molecule has 0 aromatic heterocycles. The molecule has 2 amide bonds. The number of hydrogen-bond acceptors (Lipinski definition) is 3. The summed E-state index contributed by atoms with van der Waals surface area (Å²) in [6.45, 7) is 1.09. The molecule has 6 nitrogen and oxygen atoms in total. The van der Waals surface area contributed by atoms with Crippen LogP contribution in [0.1, 0.15) is 24.8 Å². The SMILES string of the molecule is O=C(O)CCc1cccc(NC(=O)N2CCC(O)CC2)c1. The Morgan fingerprint density at radius 1 is 1.29 bits per heavy atom. The zero-order chi connectivity index (χ0) is 15.2. The molecule has 1 heterocycles. The van der Waals surface area contributed by atoms with Crippen molar-refractivity contribution in [1.29, 1.82) is 0 Å². The molecule has 0 bridgehead atoms. The summed E-state index contributed by atoms with van der Waals surface area (Å²) in [7, 11) is 0. The lowest BCUT2D eigenvalue weighted by Crippen LogP contribution is -2.42. The molecule has 0 atom stereocenters. The van der Waals surface area contributed by atoms with Crippen LogP contribution in [0.4, 0.5) is 10.5 Å². The molecule has 0 unspecified atom stereocenters. The number of aliphatic hydroxyl groups is 1. The van der Waals surface area contributed by atoms with Gasteiger partial charge in [-0.2, -0.15) is 0 Å². The number of carboxylic acid groups (broad SMARTS) is 1. The standard InChI is InChI=1S/C15H20N2O4/c18-13-6-8-17(9-7-13)15(21)16-12-3-1-2-11(10-12)4-5-14(19)20/h1-3,10,13,18H,4-9H2,(H,16,21)(H,19,20). The van der Waals surface area contributed by atoms with Crippen molar-refractivity contribution in [3.05, 3.63) is 29.8 Å². The molecule has 2 rings (SSSR count). The first-order valence-corrected chi connectivity index (χ1v) is 7.09. The van der Waals surface area contributed by atoms with E-state index in [9.17, 15) is 14.7 Å². The van der Waals surface area contributed by atoms with Gasteiger partial charge in [0.15, 0.2) is 0 Å². The number of aliphatic carboxylic acids is 1. The zero-order valence-electron chi connectivity index (χ0n) is 11.8. The average Bonchev–Trinajstić information content (AvgIpc) is 2.46. The predicted molar refractivity (Wildman–Crippen MR) is 78.2 cm³/mol. The normalized spacial score (nSPS) is 15.8. The molecule has 0 aliphatic carbocycles. The number of anilines is 1. The van der Waals surface area contributed by atoms with Crippen molar-refractivity contribution >= 4 is 17.7 Å². The number of aliphatic hydroxyl groups excluding tert-OH is 1. The van der Waals surface area contributed by atoms with Crippen LogP contribution in [0.2, 0.25) is 0 Å². The lowest BCUT2D eigenvalue weighted by molar-refractivity contribution is -0.136. The van der Waals surface area contributed by atoms with Crippen LogP contribution in [-0.4, -0.2) is 46.3 Å². The second-order valence-electron chi connectivity index (χ2n) is 5.24. The Hall–Kier alpha value is -2.08. The van der Waals surface area contributed by atoms with E-state index in [0.29, 0.717) is 38.0 Å². The number of carbonyl (C=O) groups excluding carboxylic acids is 1. The molecule has 1 fully saturated rings. The van der Waals surface area contributed by atoms with Crippen LogP contribution in [0.3, 0.4) is 0 Å². The third kappa shape index (κ3) is 4.75. The van der Waals surface area contributed by atoms with E-state index >= 15 is 0 Å². The fourth-order valence-corrected chi connectivity index (χ4v) is 2.33. The molecule has 1 saturated heterocycles. The molecule has 21 heavy (non-hydrogen) atoms. The number of nitrogens with zero attached hydrogens (tertiary/aromatic N) is 1. The first kappa shape index (κ1) is 15.3. The number of carboxylic acids is 1. The first-order chi connectivity index (χ1) is 10.0. The summed E-state index contributed by atoms with van der Waals surface area (Å²) >= 11 is 0. The van der Waals surface area contributed by atoms with Crippen molar-refractivity contribution in [2.75, 3.05) is 18.4 Å². The van der Waals surface area contributed by atoms with Crippen molar-refractivity contribution in [1.82, 2.24) is 4.90 Å². The van der Waals surface area contributed by atoms with Gasteiger partial charge in [-0.25, -0.2) is 4.79 Å². The molecule has 0 saturated carbocycles. The van der Waals surface area contributed by atoms with Crippen molar-refractivity contribution in [3.63, 3.8) is 0 Å². The smallest absolute Gasteiger partial charge is 0.321 e. The quantitative estimate of drug-likeness (QED) is 0.787. The molecule has 114 valence electrons. The second-order valence-corrected chi connectivity index (χ2v) is 5.24. The molecule has 6 heteroatoms. The van der Waals surface area contributed by atoms with Crippen molar-refractivity contribution in [3.8, 4) is 0 Å². The zero-order valence-corrected chi connectivity index (χ0v) is 11.8. The maximum absolute atomic E-state index is 12.1. The molecule has 3 N–H and O–H groups in total. The summed E-state index contributed by atoms with van der Waals surface area (Å²) in [6.07, 6.45) is 1.41. The van der Waals surface area contributed by atoms with Gasteiger partial charge in [-0.05, 0) is 37.0 Å². The Kier molecular flexibility index (Phi) is 5.16. The highest BCUT2D eigenvalue weighted by molar-refractivity contribution is 5.89. The van der Waals surface area contributed by atoms with Crippen LogP contribution in [0.25, 0.3) is 0 Å². The van der Waals surface area contributed by atoms with Gasteiger partial charge in [-0.3, -0.25) is 4.79 Å². The Bertz CT molecular complexity index is 510. The maximum atomic E-state index is 12.1. The number of amides is 2. The van der Waals surface area contributed by atoms with Crippen molar-refractivity contribution in [2.45, 2.75) is 31.8 Å². The fourth-order valence-electron chi connectivity index (χ4n) is 2.33. The van der Waals surface area contributed by atoms with E-state index in [0.717, 1.165) is 5.56 Å². The van der Waals surface area contributed by atoms with Gasteiger partial charge < -0.3 is 20.4 Å². The Morgan fingerprint density at radius 2 is 2.00 bits per heavy atom. The van der Waals surface area contributed by atoms with Crippen LogP contribution in [0, 0.1) is 0 Å². The van der Waals surface area contributed by atoms with E-state index in [1.54, 1.807) is 23.1 Å². The van der Waals surface area contributed by atoms with Gasteiger partial charge in [0.2, 0.25) is 0 Å². The van der Waals surface area contributed by atoms with Crippen LogP contribution in [0.5, 0.6) is 0 Å². The number of piperidine rings is 1. The van der Waals surface area contributed by atoms with E-state index in [4.69, 9.17) is 5.11 Å². The van der Waals surface area contributed by atoms with Crippen molar-refractivity contribution < 1.29 is 19.8 Å². The molecule has 1 aromatic rings. The van der Waals surface area contributed by atoms with Crippen LogP contribution < -0.4 is 5.32 Å². The molecule has 0 spiro atoms. The summed E-state index contributed by atoms with van der Waals surface area (Å²) in [5.41, 5.74) is 1.54. The summed E-state index contributed by atoms with van der Waals surface area (Å²) in [5.74, 6) is -0.837. The van der Waals surface area contributed by atoms with E-state index in [2.05, 4.69) is 5.32 Å². The third-order valence-electron chi connectivity index (χ3n) is 3.56. The summed E-state index contributed by atoms with van der Waals surface area (Å²) in [6, 6.07) is 7.03. The summed E-state index contributed by atoms with van der Waals surface area (Å²) in [5, 5.41) is 20.9. The van der Waals surface area contributed by atoms with E-state index in [1.165, 1.54) is 0 Å². The summed E-state index contributed by atoms with van der Waals surface area (Å²) < 4.78 is 0. The molecular formula is C15H20N2O4. The first-order valence-electron chi connectivity index (χ1n) is 7.09. The van der Waals surface area contributed by atoms with Gasteiger partial charge >= 0.3 is 12.0 Å². The number of benzene rings is 1. The summed E-state index contributed by atoms with van der Waals surface area (Å²) in [4.78, 5) is 24.3.